The van der Waals surface area contributed by atoms with Crippen molar-refractivity contribution in [3.8, 4) is 0 Å². The van der Waals surface area contributed by atoms with Gasteiger partial charge in [-0.05, 0) is 67.2 Å². The quantitative estimate of drug-likeness (QED) is 0.676. The molecule has 0 aliphatic heterocycles. The third-order valence-corrected chi connectivity index (χ3v) is 4.61. The lowest BCUT2D eigenvalue weighted by Gasteiger charge is -2.14. The summed E-state index contributed by atoms with van der Waals surface area (Å²) in [5.74, 6) is 0.560. The summed E-state index contributed by atoms with van der Waals surface area (Å²) in [7, 11) is 0. The topological polar surface area (TPSA) is 38.0 Å². The van der Waals surface area contributed by atoms with Crippen LogP contribution in [0.4, 0.5) is 5.69 Å². The first kappa shape index (κ1) is 18.8. The molecule has 3 rings (SSSR count). The van der Waals surface area contributed by atoms with E-state index < -0.39 is 0 Å². The van der Waals surface area contributed by atoms with E-state index in [1.165, 1.54) is 16.7 Å². The number of rotatable bonds is 6. The fourth-order valence-electron chi connectivity index (χ4n) is 3.31. The summed E-state index contributed by atoms with van der Waals surface area (Å²) in [5, 5.41) is 3.42. The lowest BCUT2D eigenvalue weighted by Crippen LogP contribution is -2.05. The van der Waals surface area contributed by atoms with Gasteiger partial charge in [0.1, 0.15) is 0 Å². The highest BCUT2D eigenvalue weighted by Crippen LogP contribution is 2.21. The number of hydrogen-bond acceptors (Lipinski definition) is 2. The number of hydrogen-bond donors (Lipinski definition) is 2. The fraction of sp³-hybridized carbons (Fsp3) is 0.200. The summed E-state index contributed by atoms with van der Waals surface area (Å²) in [6, 6.07) is 19.0. The molecule has 2 aromatic rings. The highest BCUT2D eigenvalue weighted by molar-refractivity contribution is 5.54. The fourth-order valence-corrected chi connectivity index (χ4v) is 3.31. The van der Waals surface area contributed by atoms with Crippen molar-refractivity contribution in [3.63, 3.8) is 0 Å². The van der Waals surface area contributed by atoms with Crippen LogP contribution in [0, 0.1) is 12.8 Å². The summed E-state index contributed by atoms with van der Waals surface area (Å²) in [5.41, 5.74) is 13.0. The summed E-state index contributed by atoms with van der Waals surface area (Å²) in [6.07, 6.45) is 12.5. The number of nitrogens with two attached hydrogens (primary N) is 1. The van der Waals surface area contributed by atoms with Gasteiger partial charge < -0.3 is 11.1 Å². The largest absolute Gasteiger partial charge is 0.399 e. The lowest BCUT2D eigenvalue weighted by atomic mass is 9.93. The van der Waals surface area contributed by atoms with Crippen LogP contribution in [0.25, 0.3) is 0 Å². The minimum atomic E-state index is 0.560. The Bertz CT molecular complexity index is 868. The molecule has 0 spiro atoms. The van der Waals surface area contributed by atoms with E-state index in [4.69, 9.17) is 5.73 Å². The molecule has 2 heteroatoms. The summed E-state index contributed by atoms with van der Waals surface area (Å²) >= 11 is 0. The number of benzene rings is 2. The molecule has 1 atom stereocenters. The third kappa shape index (κ3) is 6.03. The van der Waals surface area contributed by atoms with Crippen LogP contribution in [-0.4, -0.2) is 0 Å². The Morgan fingerprint density at radius 3 is 2.41 bits per heavy atom. The highest BCUT2D eigenvalue weighted by Gasteiger charge is 2.07. The molecule has 1 aliphatic rings. The van der Waals surface area contributed by atoms with Crippen molar-refractivity contribution < 1.29 is 0 Å². The Hall–Kier alpha value is -3.00. The van der Waals surface area contributed by atoms with Gasteiger partial charge in [-0.15, -0.1) is 0 Å². The Morgan fingerprint density at radius 2 is 1.67 bits per heavy atom. The molecule has 0 saturated heterocycles. The first-order valence-electron chi connectivity index (χ1n) is 9.52. The highest BCUT2D eigenvalue weighted by atomic mass is 14.9. The van der Waals surface area contributed by atoms with Crippen molar-refractivity contribution in [1.29, 1.82) is 0 Å². The van der Waals surface area contributed by atoms with Crippen LogP contribution in [0.5, 0.6) is 0 Å². The first-order chi connectivity index (χ1) is 13.1. The predicted octanol–water partition coefficient (Wildman–Crippen LogP) is 5.90. The predicted molar refractivity (Wildman–Crippen MR) is 116 cm³/mol. The summed E-state index contributed by atoms with van der Waals surface area (Å²) in [4.78, 5) is 0. The van der Waals surface area contributed by atoms with Crippen molar-refractivity contribution in [2.45, 2.75) is 26.7 Å². The molecule has 3 N–H and O–H groups in total. The SMILES string of the molecule is Cc1ccc(NC2=C/C=C/C(CC(C)Cc3ccccc3)=C\C(N)=C2)cc1. The normalized spacial score (nSPS) is 18.2. The number of anilines is 1. The second-order valence-corrected chi connectivity index (χ2v) is 7.33. The lowest BCUT2D eigenvalue weighted by molar-refractivity contribution is 0.579. The van der Waals surface area contributed by atoms with E-state index in [0.717, 1.165) is 29.9 Å². The minimum Gasteiger partial charge on any atom is -0.399 e. The van der Waals surface area contributed by atoms with E-state index in [2.05, 4.69) is 98.1 Å². The maximum absolute atomic E-state index is 6.26. The molecule has 1 aliphatic carbocycles. The monoisotopic (exact) mass is 356 g/mol. The summed E-state index contributed by atoms with van der Waals surface area (Å²) in [6.45, 7) is 4.38. The molecular formula is C25H28N2. The van der Waals surface area contributed by atoms with Crippen LogP contribution in [0.3, 0.4) is 0 Å². The number of nitrogens with one attached hydrogen (secondary N) is 1. The molecule has 138 valence electrons. The number of aryl methyl sites for hydroxylation is 1. The number of allylic oxidation sites excluding steroid dienone is 6. The molecule has 0 amide bonds. The van der Waals surface area contributed by atoms with E-state index in [0.29, 0.717) is 5.92 Å². The van der Waals surface area contributed by atoms with Crippen molar-refractivity contribution in [1.82, 2.24) is 0 Å². The van der Waals surface area contributed by atoms with Gasteiger partial charge >= 0.3 is 0 Å². The Balaban J connectivity index is 1.63. The van der Waals surface area contributed by atoms with Crippen molar-refractivity contribution >= 4 is 5.69 Å². The molecular weight excluding hydrogens is 328 g/mol. The second kappa shape index (κ2) is 9.09. The van der Waals surface area contributed by atoms with Gasteiger partial charge in [-0.1, -0.05) is 67.1 Å². The first-order valence-corrected chi connectivity index (χ1v) is 9.52. The van der Waals surface area contributed by atoms with Gasteiger partial charge in [0.25, 0.3) is 0 Å². The van der Waals surface area contributed by atoms with Gasteiger partial charge in [-0.2, -0.15) is 0 Å². The van der Waals surface area contributed by atoms with Crippen LogP contribution < -0.4 is 11.1 Å². The van der Waals surface area contributed by atoms with E-state index in [-0.39, 0.29) is 0 Å². The van der Waals surface area contributed by atoms with Crippen molar-refractivity contribution in [2.24, 2.45) is 11.7 Å². The minimum absolute atomic E-state index is 0.560. The zero-order valence-electron chi connectivity index (χ0n) is 16.2. The van der Waals surface area contributed by atoms with Crippen molar-refractivity contribution in [2.75, 3.05) is 5.32 Å². The second-order valence-electron chi connectivity index (χ2n) is 7.33. The molecule has 0 bridgehead atoms. The molecule has 27 heavy (non-hydrogen) atoms. The molecule has 0 fully saturated rings. The molecule has 0 aromatic heterocycles. The average molecular weight is 357 g/mol. The van der Waals surface area contributed by atoms with Gasteiger partial charge in [0.2, 0.25) is 0 Å². The Labute approximate surface area is 162 Å². The van der Waals surface area contributed by atoms with Crippen LogP contribution in [0.2, 0.25) is 0 Å². The molecule has 0 heterocycles. The molecule has 1 unspecified atom stereocenters. The van der Waals surface area contributed by atoms with Crippen LogP contribution >= 0.6 is 0 Å². The van der Waals surface area contributed by atoms with Gasteiger partial charge in [0, 0.05) is 17.1 Å². The maximum atomic E-state index is 6.26. The Kier molecular flexibility index (Phi) is 6.32. The third-order valence-electron chi connectivity index (χ3n) is 4.61. The average Bonchev–Trinajstić information content (AvgIpc) is 2.62. The molecule has 0 saturated carbocycles. The van der Waals surface area contributed by atoms with E-state index in [9.17, 15) is 0 Å². The van der Waals surface area contributed by atoms with Gasteiger partial charge in [0.05, 0.1) is 0 Å². The van der Waals surface area contributed by atoms with Crippen LogP contribution in [-0.2, 0) is 6.42 Å². The maximum Gasteiger partial charge on any atom is 0.0404 e. The van der Waals surface area contributed by atoms with Gasteiger partial charge in [0.15, 0.2) is 0 Å². The molecule has 0 radical (unpaired) electrons. The van der Waals surface area contributed by atoms with Crippen LogP contribution in [0.15, 0.2) is 102 Å². The molecule has 2 nitrogen and oxygen atoms in total. The zero-order chi connectivity index (χ0) is 19.1. The Morgan fingerprint density at radius 1 is 0.926 bits per heavy atom. The standard InChI is InChI=1S/C25H28N2/c1-19-11-13-24(14-12-19)27-25-10-6-9-22(17-23(26)18-25)16-20(2)15-21-7-4-3-5-8-21/h3-14,17-18,20,27H,15-16,26H2,1-2H3/b9-6+,10-6?,22-9?,22-17+,23-17?,23-18?,25-10?,25-18?. The smallest absolute Gasteiger partial charge is 0.0404 e. The van der Waals surface area contributed by atoms with Crippen molar-refractivity contribution in [3.05, 3.63) is 113 Å². The van der Waals surface area contributed by atoms with Crippen LogP contribution in [0.1, 0.15) is 24.5 Å². The molecule has 2 aromatic carbocycles. The van der Waals surface area contributed by atoms with Gasteiger partial charge in [-0.25, -0.2) is 0 Å². The summed E-state index contributed by atoms with van der Waals surface area (Å²) < 4.78 is 0. The van der Waals surface area contributed by atoms with Gasteiger partial charge in [-0.3, -0.25) is 0 Å². The van der Waals surface area contributed by atoms with E-state index in [1.807, 2.05) is 6.08 Å². The zero-order valence-corrected chi connectivity index (χ0v) is 16.2. The van der Waals surface area contributed by atoms with E-state index in [1.54, 1.807) is 0 Å². The van der Waals surface area contributed by atoms with E-state index >= 15 is 0 Å².